The maximum Gasteiger partial charge on any atom is 0.511 e. The van der Waals surface area contributed by atoms with Gasteiger partial charge in [-0.05, 0) is 52.5 Å². The van der Waals surface area contributed by atoms with Crippen molar-refractivity contribution in [3.8, 4) is 0 Å². The first-order chi connectivity index (χ1) is 13.1. The van der Waals surface area contributed by atoms with E-state index in [-0.39, 0.29) is 43.0 Å². The minimum atomic E-state index is -5.23. The highest BCUT2D eigenvalue weighted by molar-refractivity contribution is 14.0. The van der Waals surface area contributed by atoms with Gasteiger partial charge in [0, 0.05) is 38.3 Å². The zero-order chi connectivity index (χ0) is 20.9. The van der Waals surface area contributed by atoms with Crippen LogP contribution in [0.3, 0.4) is 0 Å². The normalized spacial score (nSPS) is 21.0. The Morgan fingerprint density at radius 3 is 2.28 bits per heavy atom. The maximum atomic E-state index is 12.6. The molecule has 7 nitrogen and oxygen atoms in total. The number of aliphatic imine (C=N–C) groups is 1. The quantitative estimate of drug-likeness (QED) is 0.273. The van der Waals surface area contributed by atoms with E-state index in [4.69, 9.17) is 0 Å². The van der Waals surface area contributed by atoms with E-state index >= 15 is 0 Å². The zero-order valence-electron chi connectivity index (χ0n) is 17.2. The smallest absolute Gasteiger partial charge is 0.357 e. The number of sulfonamides is 1. The summed E-state index contributed by atoms with van der Waals surface area (Å²) in [5.74, 6) is 0.791. The zero-order valence-corrected chi connectivity index (χ0v) is 20.4. The minimum Gasteiger partial charge on any atom is -0.357 e. The highest BCUT2D eigenvalue weighted by atomic mass is 127. The summed E-state index contributed by atoms with van der Waals surface area (Å²) in [6.45, 7) is 5.82. The number of halogens is 4. The summed E-state index contributed by atoms with van der Waals surface area (Å²) in [5, 5.41) is 6.42. The lowest BCUT2D eigenvalue weighted by atomic mass is 9.98. The van der Waals surface area contributed by atoms with Crippen LogP contribution in [0.4, 0.5) is 13.2 Å². The molecule has 0 aromatic rings. The van der Waals surface area contributed by atoms with Gasteiger partial charge >= 0.3 is 15.5 Å². The van der Waals surface area contributed by atoms with Crippen molar-refractivity contribution in [3.05, 3.63) is 0 Å². The molecule has 0 radical (unpaired) electrons. The Labute approximate surface area is 188 Å². The standard InChI is InChI=1S/C17H32F3N5O2S.HI/c1-4-21-16(22-11-13(2)24(3)15-5-6-15)23-12-14-7-9-25(10-8-14)28(26,27)17(18,19)20;/h13-15H,4-12H2,1-3H3,(H2,21,22,23);1H. The number of guanidine groups is 1. The van der Waals surface area contributed by atoms with Crippen LogP contribution in [0.5, 0.6) is 0 Å². The number of hydrogen-bond acceptors (Lipinski definition) is 4. The van der Waals surface area contributed by atoms with Crippen molar-refractivity contribution in [2.75, 3.05) is 39.8 Å². The van der Waals surface area contributed by atoms with Gasteiger partial charge in [0.2, 0.25) is 0 Å². The second-order valence-electron chi connectivity index (χ2n) is 7.64. The molecule has 2 rings (SSSR count). The van der Waals surface area contributed by atoms with Crippen LogP contribution in [0.25, 0.3) is 0 Å². The van der Waals surface area contributed by atoms with E-state index in [1.54, 1.807) is 0 Å². The van der Waals surface area contributed by atoms with Crippen LogP contribution in [0, 0.1) is 5.92 Å². The molecular formula is C17H33F3IN5O2S. The second kappa shape index (κ2) is 11.3. The molecule has 2 N–H and O–H groups in total. The molecule has 1 heterocycles. The Morgan fingerprint density at radius 1 is 1.21 bits per heavy atom. The molecule has 2 fully saturated rings. The summed E-state index contributed by atoms with van der Waals surface area (Å²) < 4.78 is 61.4. The van der Waals surface area contributed by atoms with Crippen LogP contribution in [-0.4, -0.2) is 80.9 Å². The number of hydrogen-bond donors (Lipinski definition) is 2. The van der Waals surface area contributed by atoms with Crippen molar-refractivity contribution < 1.29 is 21.6 Å². The van der Waals surface area contributed by atoms with Crippen LogP contribution >= 0.6 is 24.0 Å². The molecular weight excluding hydrogens is 522 g/mol. The predicted molar refractivity (Wildman–Crippen MR) is 119 cm³/mol. The Balaban J connectivity index is 0.00000420. The van der Waals surface area contributed by atoms with Crippen LogP contribution < -0.4 is 10.6 Å². The number of alkyl halides is 3. The van der Waals surface area contributed by atoms with Crippen molar-refractivity contribution in [2.24, 2.45) is 10.9 Å². The first-order valence-electron chi connectivity index (χ1n) is 9.86. The van der Waals surface area contributed by atoms with Gasteiger partial charge in [-0.3, -0.25) is 9.89 Å². The second-order valence-corrected chi connectivity index (χ2v) is 9.57. The van der Waals surface area contributed by atoms with Gasteiger partial charge in [0.1, 0.15) is 0 Å². The van der Waals surface area contributed by atoms with Gasteiger partial charge in [0.05, 0.1) is 6.54 Å². The number of piperidine rings is 1. The molecule has 12 heteroatoms. The van der Waals surface area contributed by atoms with Crippen molar-refractivity contribution in [1.82, 2.24) is 19.8 Å². The van der Waals surface area contributed by atoms with Gasteiger partial charge in [-0.1, -0.05) is 0 Å². The molecule has 2 aliphatic rings. The van der Waals surface area contributed by atoms with Crippen LogP contribution in [0.2, 0.25) is 0 Å². The highest BCUT2D eigenvalue weighted by Gasteiger charge is 2.50. The largest absolute Gasteiger partial charge is 0.511 e. The average molecular weight is 555 g/mol. The first kappa shape index (κ1) is 26.7. The van der Waals surface area contributed by atoms with E-state index in [0.29, 0.717) is 54.8 Å². The first-order valence-corrected chi connectivity index (χ1v) is 11.3. The maximum absolute atomic E-state index is 12.6. The van der Waals surface area contributed by atoms with E-state index in [2.05, 4.69) is 34.5 Å². The van der Waals surface area contributed by atoms with E-state index < -0.39 is 15.5 Å². The molecule has 0 aromatic carbocycles. The van der Waals surface area contributed by atoms with Gasteiger partial charge < -0.3 is 10.6 Å². The lowest BCUT2D eigenvalue weighted by Gasteiger charge is -2.31. The molecule has 1 aliphatic carbocycles. The third-order valence-electron chi connectivity index (χ3n) is 5.44. The third kappa shape index (κ3) is 7.69. The summed E-state index contributed by atoms with van der Waals surface area (Å²) >= 11 is 0. The van der Waals surface area contributed by atoms with Gasteiger partial charge in [-0.2, -0.15) is 17.5 Å². The lowest BCUT2D eigenvalue weighted by Crippen LogP contribution is -2.47. The third-order valence-corrected chi connectivity index (χ3v) is 7.07. The molecule has 29 heavy (non-hydrogen) atoms. The van der Waals surface area contributed by atoms with E-state index in [0.717, 1.165) is 0 Å². The van der Waals surface area contributed by atoms with Crippen molar-refractivity contribution >= 4 is 40.0 Å². The molecule has 1 saturated heterocycles. The molecule has 0 amide bonds. The Hall–Kier alpha value is -0.340. The molecule has 0 bridgehead atoms. The van der Waals surface area contributed by atoms with Gasteiger partial charge in [-0.25, -0.2) is 8.42 Å². The van der Waals surface area contributed by atoms with Crippen LogP contribution in [0.1, 0.15) is 39.5 Å². The number of nitrogens with one attached hydrogen (secondary N) is 2. The van der Waals surface area contributed by atoms with Gasteiger partial charge in [-0.15, -0.1) is 24.0 Å². The van der Waals surface area contributed by atoms with Crippen LogP contribution in [0.15, 0.2) is 4.99 Å². The SMILES string of the molecule is CCNC(=NCC(C)N(C)C1CC1)NCC1CCN(S(=O)(=O)C(F)(F)F)CC1.I. The number of rotatable bonds is 8. The summed E-state index contributed by atoms with van der Waals surface area (Å²) in [6.07, 6.45) is 3.27. The fourth-order valence-corrected chi connectivity index (χ4v) is 4.26. The van der Waals surface area contributed by atoms with Gasteiger partial charge in [0.15, 0.2) is 5.96 Å². The lowest BCUT2D eigenvalue weighted by molar-refractivity contribution is -0.0496. The number of nitrogens with zero attached hydrogens (tertiary/aromatic N) is 3. The van der Waals surface area contributed by atoms with Crippen molar-refractivity contribution in [2.45, 2.75) is 57.1 Å². The Morgan fingerprint density at radius 2 is 1.79 bits per heavy atom. The van der Waals surface area contributed by atoms with E-state index in [1.165, 1.54) is 12.8 Å². The van der Waals surface area contributed by atoms with Gasteiger partial charge in [0.25, 0.3) is 0 Å². The topological polar surface area (TPSA) is 77.0 Å². The molecule has 1 unspecified atom stereocenters. The Kier molecular flexibility index (Phi) is 10.4. The fourth-order valence-electron chi connectivity index (χ4n) is 3.28. The molecule has 1 saturated carbocycles. The van der Waals surface area contributed by atoms with Crippen molar-refractivity contribution in [1.29, 1.82) is 0 Å². The number of likely N-dealkylation sites (N-methyl/N-ethyl adjacent to an activating group) is 1. The molecule has 0 spiro atoms. The fraction of sp³-hybridized carbons (Fsp3) is 0.941. The summed E-state index contributed by atoms with van der Waals surface area (Å²) in [6, 6.07) is 0.998. The van der Waals surface area contributed by atoms with Crippen molar-refractivity contribution in [3.63, 3.8) is 0 Å². The molecule has 172 valence electrons. The summed E-state index contributed by atoms with van der Waals surface area (Å²) in [5.41, 5.74) is -5.23. The molecule has 0 aromatic heterocycles. The van der Waals surface area contributed by atoms with E-state index in [1.807, 2.05) is 6.92 Å². The monoisotopic (exact) mass is 555 g/mol. The van der Waals surface area contributed by atoms with E-state index in [9.17, 15) is 21.6 Å². The average Bonchev–Trinajstić information content (AvgIpc) is 3.47. The molecule has 1 aliphatic heterocycles. The highest BCUT2D eigenvalue weighted by Crippen LogP contribution is 2.30. The Bertz CT molecular complexity index is 635. The minimum absolute atomic E-state index is 0. The molecule has 1 atom stereocenters. The summed E-state index contributed by atoms with van der Waals surface area (Å²) in [7, 11) is -3.11. The van der Waals surface area contributed by atoms with Crippen LogP contribution in [-0.2, 0) is 10.0 Å². The predicted octanol–water partition coefficient (Wildman–Crippen LogP) is 2.20. The summed E-state index contributed by atoms with van der Waals surface area (Å²) in [4.78, 5) is 6.95.